The first-order chi connectivity index (χ1) is 19.5. The van der Waals surface area contributed by atoms with E-state index in [1.807, 2.05) is 18.2 Å². The summed E-state index contributed by atoms with van der Waals surface area (Å²) in [6, 6.07) is 10.5. The molecule has 10 N–H and O–H groups in total. The van der Waals surface area contributed by atoms with E-state index in [0.29, 0.717) is 11.1 Å². The highest BCUT2D eigenvalue weighted by Gasteiger charge is 2.33. The summed E-state index contributed by atoms with van der Waals surface area (Å²) in [6.45, 7) is 1.26. The fourth-order valence-electron chi connectivity index (χ4n) is 4.29. The Morgan fingerprint density at radius 2 is 1.49 bits per heavy atom. The van der Waals surface area contributed by atoms with E-state index in [4.69, 9.17) is 11.5 Å². The van der Waals surface area contributed by atoms with Crippen LogP contribution in [0.25, 0.3) is 10.9 Å². The Bertz CT molecular complexity index is 1390. The zero-order chi connectivity index (χ0) is 30.1. The average molecular weight is 567 g/mol. The first kappa shape index (κ1) is 30.8. The molecule has 0 aliphatic carbocycles. The number of benzene rings is 2. The molecule has 0 spiro atoms. The molecular weight excluding hydrogens is 532 g/mol. The molecule has 0 aliphatic rings. The fourth-order valence-corrected chi connectivity index (χ4v) is 4.29. The Hall–Kier alpha value is -4.75. The van der Waals surface area contributed by atoms with Crippen LogP contribution in [0.15, 0.2) is 60.8 Å². The van der Waals surface area contributed by atoms with Crippen molar-refractivity contribution in [2.24, 2.45) is 11.5 Å². The maximum Gasteiger partial charge on any atom is 0.326 e. The quantitative estimate of drug-likeness (QED) is 0.121. The lowest BCUT2D eigenvalue weighted by atomic mass is 10.0. The van der Waals surface area contributed by atoms with Crippen LogP contribution in [0, 0.1) is 0 Å². The number of hydrogen-bond acceptors (Lipinski definition) is 7. The lowest BCUT2D eigenvalue weighted by Gasteiger charge is -2.26. The number of carboxylic acids is 1. The van der Waals surface area contributed by atoms with Crippen LogP contribution in [-0.4, -0.2) is 75.1 Å². The van der Waals surface area contributed by atoms with Crippen molar-refractivity contribution in [2.75, 3.05) is 0 Å². The van der Waals surface area contributed by atoms with E-state index in [0.717, 1.165) is 10.9 Å². The van der Waals surface area contributed by atoms with Gasteiger partial charge in [0.2, 0.25) is 23.6 Å². The van der Waals surface area contributed by atoms with Crippen molar-refractivity contribution in [3.8, 4) is 0 Å². The molecule has 1 heterocycles. The van der Waals surface area contributed by atoms with E-state index >= 15 is 0 Å². The number of primary amides is 1. The fraction of sp³-hybridized carbons (Fsp3) is 0.321. The van der Waals surface area contributed by atoms with Gasteiger partial charge in [-0.1, -0.05) is 48.5 Å². The summed E-state index contributed by atoms with van der Waals surface area (Å²) in [7, 11) is 0. The standard InChI is InChI=1S/C28H34N6O7/c1-15(35)24(27(39)33-22(28(40)41)12-17-14-31-20-10-6-5-9-18(17)20)34-26(38)21(11-16-7-3-2-4-8-16)32-25(37)19(29)13-23(30)36/h2-10,14-15,19,21-22,24,31,35H,11-13,29H2,1H3,(H2,30,36)(H,32,37)(H,33,39)(H,34,38)(H,40,41). The highest BCUT2D eigenvalue weighted by atomic mass is 16.4. The first-order valence-electron chi connectivity index (χ1n) is 12.9. The van der Waals surface area contributed by atoms with Gasteiger partial charge in [-0.25, -0.2) is 4.79 Å². The van der Waals surface area contributed by atoms with Crippen molar-refractivity contribution in [3.63, 3.8) is 0 Å². The van der Waals surface area contributed by atoms with Crippen LogP contribution in [0.5, 0.6) is 0 Å². The van der Waals surface area contributed by atoms with Gasteiger partial charge in [-0.2, -0.15) is 0 Å². The summed E-state index contributed by atoms with van der Waals surface area (Å²) in [5.41, 5.74) is 13.0. The second-order valence-corrected chi connectivity index (χ2v) is 9.72. The topological polar surface area (TPSA) is 230 Å². The van der Waals surface area contributed by atoms with Crippen LogP contribution in [0.3, 0.4) is 0 Å². The van der Waals surface area contributed by atoms with Gasteiger partial charge in [-0.3, -0.25) is 19.2 Å². The summed E-state index contributed by atoms with van der Waals surface area (Å²) in [5.74, 6) is -4.70. The van der Waals surface area contributed by atoms with Gasteiger partial charge in [0, 0.05) is 29.9 Å². The molecule has 0 fully saturated rings. The number of rotatable bonds is 14. The van der Waals surface area contributed by atoms with E-state index in [9.17, 15) is 34.2 Å². The molecular formula is C28H34N6O7. The number of amides is 4. The van der Waals surface area contributed by atoms with Crippen LogP contribution in [-0.2, 0) is 36.8 Å². The van der Waals surface area contributed by atoms with Crippen molar-refractivity contribution in [3.05, 3.63) is 71.9 Å². The van der Waals surface area contributed by atoms with Crippen molar-refractivity contribution in [1.82, 2.24) is 20.9 Å². The number of para-hydroxylation sites is 1. The second-order valence-electron chi connectivity index (χ2n) is 9.72. The number of aromatic amines is 1. The Morgan fingerprint density at radius 3 is 2.12 bits per heavy atom. The molecule has 5 atom stereocenters. The van der Waals surface area contributed by atoms with E-state index in [-0.39, 0.29) is 12.8 Å². The first-order valence-corrected chi connectivity index (χ1v) is 12.9. The minimum absolute atomic E-state index is 0.00579. The molecule has 0 radical (unpaired) electrons. The number of carbonyl (C=O) groups excluding carboxylic acids is 4. The van der Waals surface area contributed by atoms with Crippen molar-refractivity contribution in [1.29, 1.82) is 0 Å². The van der Waals surface area contributed by atoms with Gasteiger partial charge in [0.05, 0.1) is 18.6 Å². The number of fused-ring (bicyclic) bond motifs is 1. The number of nitrogens with one attached hydrogen (secondary N) is 4. The molecule has 13 nitrogen and oxygen atoms in total. The van der Waals surface area contributed by atoms with Crippen LogP contribution in [0.1, 0.15) is 24.5 Å². The van der Waals surface area contributed by atoms with Crippen molar-refractivity contribution < 1.29 is 34.2 Å². The van der Waals surface area contributed by atoms with Gasteiger partial charge >= 0.3 is 5.97 Å². The lowest BCUT2D eigenvalue weighted by molar-refractivity contribution is -0.143. The Morgan fingerprint density at radius 1 is 0.854 bits per heavy atom. The van der Waals surface area contributed by atoms with Gasteiger partial charge < -0.3 is 42.6 Å². The normalized spacial score (nSPS) is 14.7. The number of aliphatic hydroxyl groups excluding tert-OH is 1. The predicted molar refractivity (Wildman–Crippen MR) is 149 cm³/mol. The number of H-pyrrole nitrogens is 1. The molecule has 5 unspecified atom stereocenters. The SMILES string of the molecule is CC(O)C(NC(=O)C(Cc1ccccc1)NC(=O)C(N)CC(N)=O)C(=O)NC(Cc1c[nH]c2ccccc12)C(=O)O. The minimum Gasteiger partial charge on any atom is -0.480 e. The summed E-state index contributed by atoms with van der Waals surface area (Å²) >= 11 is 0. The minimum atomic E-state index is -1.55. The monoisotopic (exact) mass is 566 g/mol. The van der Waals surface area contributed by atoms with Gasteiger partial charge in [0.1, 0.15) is 18.1 Å². The molecule has 0 aliphatic heterocycles. The number of carbonyl (C=O) groups is 5. The predicted octanol–water partition coefficient (Wildman–Crippen LogP) is -0.924. The summed E-state index contributed by atoms with van der Waals surface area (Å²) in [5, 5.41) is 28.2. The molecule has 0 bridgehead atoms. The van der Waals surface area contributed by atoms with E-state index < -0.39 is 66.3 Å². The smallest absolute Gasteiger partial charge is 0.326 e. The zero-order valence-electron chi connectivity index (χ0n) is 22.4. The number of carboxylic acid groups (broad SMARTS) is 1. The molecule has 218 valence electrons. The van der Waals surface area contributed by atoms with Crippen molar-refractivity contribution >= 4 is 40.5 Å². The number of aliphatic hydroxyl groups is 1. The van der Waals surface area contributed by atoms with E-state index in [1.165, 1.54) is 6.92 Å². The molecule has 3 aromatic rings. The Labute approximate surface area is 235 Å². The van der Waals surface area contributed by atoms with E-state index in [2.05, 4.69) is 20.9 Å². The molecule has 41 heavy (non-hydrogen) atoms. The van der Waals surface area contributed by atoms with E-state index in [1.54, 1.807) is 42.6 Å². The zero-order valence-corrected chi connectivity index (χ0v) is 22.4. The van der Waals surface area contributed by atoms with Gasteiger partial charge in [0.15, 0.2) is 0 Å². The Balaban J connectivity index is 1.76. The lowest BCUT2D eigenvalue weighted by Crippen LogP contribution is -2.60. The molecule has 13 heteroatoms. The highest BCUT2D eigenvalue weighted by molar-refractivity contribution is 5.95. The van der Waals surface area contributed by atoms with Gasteiger partial charge in [-0.15, -0.1) is 0 Å². The molecule has 0 saturated carbocycles. The van der Waals surface area contributed by atoms with Crippen LogP contribution < -0.4 is 27.4 Å². The summed E-state index contributed by atoms with van der Waals surface area (Å²) in [6.07, 6.45) is -0.284. The third kappa shape index (κ3) is 8.62. The maximum absolute atomic E-state index is 13.3. The molecule has 1 aromatic heterocycles. The van der Waals surface area contributed by atoms with Gasteiger partial charge in [0.25, 0.3) is 0 Å². The summed E-state index contributed by atoms with van der Waals surface area (Å²) < 4.78 is 0. The third-order valence-corrected chi connectivity index (χ3v) is 6.45. The number of aromatic nitrogens is 1. The van der Waals surface area contributed by atoms with Gasteiger partial charge in [-0.05, 0) is 24.1 Å². The number of hydrogen-bond donors (Lipinski definition) is 8. The number of nitrogens with two attached hydrogens (primary N) is 2. The summed E-state index contributed by atoms with van der Waals surface area (Å²) in [4.78, 5) is 65.3. The highest BCUT2D eigenvalue weighted by Crippen LogP contribution is 2.19. The maximum atomic E-state index is 13.3. The molecule has 0 saturated heterocycles. The molecule has 4 amide bonds. The van der Waals surface area contributed by atoms with Crippen LogP contribution in [0.4, 0.5) is 0 Å². The largest absolute Gasteiger partial charge is 0.480 e. The van der Waals surface area contributed by atoms with Crippen LogP contribution >= 0.6 is 0 Å². The second kappa shape index (κ2) is 14.1. The van der Waals surface area contributed by atoms with Crippen molar-refractivity contribution in [2.45, 2.75) is 56.5 Å². The number of aliphatic carboxylic acids is 1. The average Bonchev–Trinajstić information content (AvgIpc) is 3.33. The van der Waals surface area contributed by atoms with Crippen LogP contribution in [0.2, 0.25) is 0 Å². The molecule has 2 aromatic carbocycles. The molecule has 3 rings (SSSR count). The Kier molecular flexibility index (Phi) is 10.6. The third-order valence-electron chi connectivity index (χ3n) is 6.45.